The second-order valence-corrected chi connectivity index (χ2v) is 8.32. The number of nitrogens with one attached hydrogen (secondary N) is 3. The molecule has 0 fully saturated rings. The van der Waals surface area contributed by atoms with E-state index in [9.17, 15) is 9.59 Å². The molecule has 3 aromatic rings. The summed E-state index contributed by atoms with van der Waals surface area (Å²) in [5.74, 6) is -0.543. The lowest BCUT2D eigenvalue weighted by molar-refractivity contribution is -0.117. The SMILES string of the molecule is C=CC(=O)N[C@H]1c2ccccc2C[C@@H]1NC(=O)c1cc2sc(Cl)c(Cl)c2[nH]1. The fraction of sp³-hybridized carbons (Fsp3) is 0.158. The van der Waals surface area contributed by atoms with Crippen molar-refractivity contribution in [2.75, 3.05) is 0 Å². The molecule has 138 valence electrons. The first-order valence-corrected chi connectivity index (χ1v) is 9.83. The van der Waals surface area contributed by atoms with Crippen molar-refractivity contribution in [2.45, 2.75) is 18.5 Å². The Morgan fingerprint density at radius 3 is 2.78 bits per heavy atom. The minimum Gasteiger partial charge on any atom is -0.349 e. The Labute approximate surface area is 169 Å². The number of carbonyl (C=O) groups excluding carboxylic acids is 2. The molecule has 0 bridgehead atoms. The maximum absolute atomic E-state index is 12.8. The van der Waals surface area contributed by atoms with Crippen LogP contribution in [-0.4, -0.2) is 22.8 Å². The largest absolute Gasteiger partial charge is 0.349 e. The van der Waals surface area contributed by atoms with Crippen molar-refractivity contribution in [3.05, 3.63) is 69.2 Å². The smallest absolute Gasteiger partial charge is 0.268 e. The van der Waals surface area contributed by atoms with Crippen LogP contribution in [0.15, 0.2) is 43.0 Å². The Bertz CT molecular complexity index is 1070. The fourth-order valence-corrected chi connectivity index (χ4v) is 4.89. The monoisotopic (exact) mass is 419 g/mol. The molecule has 2 amide bonds. The summed E-state index contributed by atoms with van der Waals surface area (Å²) in [5, 5.41) is 6.34. The van der Waals surface area contributed by atoms with Crippen LogP contribution in [0.1, 0.15) is 27.7 Å². The summed E-state index contributed by atoms with van der Waals surface area (Å²) in [7, 11) is 0. The number of rotatable bonds is 4. The van der Waals surface area contributed by atoms with E-state index in [0.717, 1.165) is 15.8 Å². The maximum Gasteiger partial charge on any atom is 0.268 e. The number of hydrogen-bond acceptors (Lipinski definition) is 3. The molecular weight excluding hydrogens is 405 g/mol. The highest BCUT2D eigenvalue weighted by Gasteiger charge is 2.34. The minimum absolute atomic E-state index is 0.263. The molecule has 0 radical (unpaired) electrons. The number of amides is 2. The maximum atomic E-state index is 12.8. The van der Waals surface area contributed by atoms with Gasteiger partial charge in [0.15, 0.2) is 0 Å². The van der Waals surface area contributed by atoms with Gasteiger partial charge in [-0.3, -0.25) is 9.59 Å². The Balaban J connectivity index is 1.58. The van der Waals surface area contributed by atoms with Crippen LogP contribution in [0.2, 0.25) is 9.36 Å². The number of hydrogen-bond donors (Lipinski definition) is 3. The first kappa shape index (κ1) is 18.1. The number of aromatic amines is 1. The third kappa shape index (κ3) is 3.25. The van der Waals surface area contributed by atoms with Crippen molar-refractivity contribution >= 4 is 56.6 Å². The van der Waals surface area contributed by atoms with Crippen molar-refractivity contribution in [3.8, 4) is 0 Å². The second kappa shape index (κ2) is 7.03. The third-order valence-corrected chi connectivity index (χ3v) is 6.58. The van der Waals surface area contributed by atoms with E-state index < -0.39 is 0 Å². The van der Waals surface area contributed by atoms with E-state index >= 15 is 0 Å². The van der Waals surface area contributed by atoms with Gasteiger partial charge in [-0.05, 0) is 29.7 Å². The highest BCUT2D eigenvalue weighted by Crippen LogP contribution is 2.39. The summed E-state index contributed by atoms with van der Waals surface area (Å²) in [4.78, 5) is 27.7. The summed E-state index contributed by atoms with van der Waals surface area (Å²) in [5.41, 5.74) is 3.15. The molecule has 1 aliphatic rings. The molecule has 2 aromatic heterocycles. The van der Waals surface area contributed by atoms with Gasteiger partial charge >= 0.3 is 0 Å². The van der Waals surface area contributed by atoms with Crippen molar-refractivity contribution < 1.29 is 9.59 Å². The molecule has 2 heterocycles. The number of thiophene rings is 1. The average Bonchev–Trinajstić information content (AvgIpc) is 3.29. The quantitative estimate of drug-likeness (QED) is 0.553. The van der Waals surface area contributed by atoms with Crippen molar-refractivity contribution in [3.63, 3.8) is 0 Å². The van der Waals surface area contributed by atoms with Gasteiger partial charge in [0.2, 0.25) is 5.91 Å². The zero-order valence-corrected chi connectivity index (χ0v) is 16.3. The van der Waals surface area contributed by atoms with Crippen LogP contribution >= 0.6 is 34.5 Å². The van der Waals surface area contributed by atoms with Crippen LogP contribution in [0.4, 0.5) is 0 Å². The van der Waals surface area contributed by atoms with Crippen LogP contribution in [-0.2, 0) is 11.2 Å². The normalized spacial score (nSPS) is 18.3. The molecule has 1 aromatic carbocycles. The van der Waals surface area contributed by atoms with Gasteiger partial charge in [0.25, 0.3) is 5.91 Å². The van der Waals surface area contributed by atoms with Crippen molar-refractivity contribution in [2.24, 2.45) is 0 Å². The number of fused-ring (bicyclic) bond motifs is 2. The summed E-state index contributed by atoms with van der Waals surface area (Å²) < 4.78 is 1.31. The van der Waals surface area contributed by atoms with Gasteiger partial charge in [0.05, 0.1) is 27.3 Å². The highest BCUT2D eigenvalue weighted by molar-refractivity contribution is 7.23. The number of halogens is 2. The van der Waals surface area contributed by atoms with E-state index in [1.807, 2.05) is 24.3 Å². The molecule has 8 heteroatoms. The van der Waals surface area contributed by atoms with E-state index in [2.05, 4.69) is 22.2 Å². The van der Waals surface area contributed by atoms with E-state index in [1.165, 1.54) is 17.4 Å². The predicted octanol–water partition coefficient (Wildman–Crippen LogP) is 4.23. The molecule has 0 unspecified atom stereocenters. The molecule has 1 aliphatic carbocycles. The Morgan fingerprint density at radius 2 is 2.04 bits per heavy atom. The number of benzene rings is 1. The van der Waals surface area contributed by atoms with Gasteiger partial charge in [0.1, 0.15) is 10.0 Å². The van der Waals surface area contributed by atoms with Gasteiger partial charge in [-0.2, -0.15) is 0 Å². The van der Waals surface area contributed by atoms with Crippen LogP contribution in [0, 0.1) is 0 Å². The molecular formula is C19H15Cl2N3O2S. The van der Waals surface area contributed by atoms with E-state index in [0.29, 0.717) is 27.0 Å². The number of carbonyl (C=O) groups is 2. The minimum atomic E-state index is -0.315. The van der Waals surface area contributed by atoms with Gasteiger partial charge in [-0.15, -0.1) is 11.3 Å². The number of aromatic nitrogens is 1. The number of H-pyrrole nitrogens is 1. The molecule has 4 rings (SSSR count). The van der Waals surface area contributed by atoms with E-state index in [1.54, 1.807) is 6.07 Å². The topological polar surface area (TPSA) is 74.0 Å². The average molecular weight is 420 g/mol. The lowest BCUT2D eigenvalue weighted by atomic mass is 10.1. The first-order valence-electron chi connectivity index (χ1n) is 8.26. The van der Waals surface area contributed by atoms with Crippen LogP contribution in [0.25, 0.3) is 10.2 Å². The standard InChI is InChI=1S/C19H15Cl2N3O2S/c1-2-14(25)24-16-10-6-4-3-5-9(10)7-11(16)23-19(26)12-8-13-17(22-12)15(20)18(21)27-13/h2-6,8,11,16,22H,1,7H2,(H,23,26)(H,24,25)/t11-,16-/m0/s1. The van der Waals surface area contributed by atoms with Crippen LogP contribution in [0.5, 0.6) is 0 Å². The Morgan fingerprint density at radius 1 is 1.26 bits per heavy atom. The molecule has 0 spiro atoms. The molecule has 0 saturated heterocycles. The zero-order chi connectivity index (χ0) is 19.1. The predicted molar refractivity (Wildman–Crippen MR) is 109 cm³/mol. The van der Waals surface area contributed by atoms with Crippen LogP contribution < -0.4 is 10.6 Å². The first-order chi connectivity index (χ1) is 13.0. The van der Waals surface area contributed by atoms with Gasteiger partial charge in [-0.25, -0.2) is 0 Å². The van der Waals surface area contributed by atoms with Gasteiger partial charge in [0, 0.05) is 0 Å². The molecule has 27 heavy (non-hydrogen) atoms. The highest BCUT2D eigenvalue weighted by atomic mass is 35.5. The van der Waals surface area contributed by atoms with Crippen LogP contribution in [0.3, 0.4) is 0 Å². The summed E-state index contributed by atoms with van der Waals surface area (Å²) in [6.45, 7) is 3.50. The molecule has 3 N–H and O–H groups in total. The van der Waals surface area contributed by atoms with E-state index in [-0.39, 0.29) is 23.9 Å². The van der Waals surface area contributed by atoms with Gasteiger partial charge < -0.3 is 15.6 Å². The summed E-state index contributed by atoms with van der Waals surface area (Å²) in [6.07, 6.45) is 1.86. The second-order valence-electron chi connectivity index (χ2n) is 6.29. The van der Waals surface area contributed by atoms with Crippen molar-refractivity contribution in [1.29, 1.82) is 0 Å². The molecule has 0 aliphatic heterocycles. The lowest BCUT2D eigenvalue weighted by Crippen LogP contribution is -2.44. The summed E-state index contributed by atoms with van der Waals surface area (Å²) in [6, 6.07) is 8.97. The fourth-order valence-electron chi connectivity index (χ4n) is 3.41. The third-order valence-electron chi connectivity index (χ3n) is 4.65. The lowest BCUT2D eigenvalue weighted by Gasteiger charge is -2.22. The Kier molecular flexibility index (Phi) is 4.72. The summed E-state index contributed by atoms with van der Waals surface area (Å²) >= 11 is 13.5. The van der Waals surface area contributed by atoms with Gasteiger partial charge in [-0.1, -0.05) is 54.0 Å². The Hall–Kier alpha value is -2.28. The van der Waals surface area contributed by atoms with Crippen molar-refractivity contribution in [1.82, 2.24) is 15.6 Å². The zero-order valence-electron chi connectivity index (χ0n) is 14.0. The van der Waals surface area contributed by atoms with E-state index in [4.69, 9.17) is 23.2 Å². The molecule has 0 saturated carbocycles. The molecule has 5 nitrogen and oxygen atoms in total. The molecule has 2 atom stereocenters.